The van der Waals surface area contributed by atoms with Crippen molar-refractivity contribution in [3.05, 3.63) is 29.2 Å². The number of methoxy groups -OCH3 is 1. The summed E-state index contributed by atoms with van der Waals surface area (Å²) in [5.41, 5.74) is 1.77. The highest BCUT2D eigenvalue weighted by Gasteiger charge is 2.20. The van der Waals surface area contributed by atoms with Crippen LogP contribution in [0.3, 0.4) is 0 Å². The average molecular weight is 264 g/mol. The Morgan fingerprint density at radius 1 is 1.47 bits per heavy atom. The zero-order valence-electron chi connectivity index (χ0n) is 11.5. The molecule has 4 nitrogen and oxygen atoms in total. The molecule has 1 heterocycles. The molecule has 5 heteroatoms. The second kappa shape index (κ2) is 4.99. The molecule has 0 N–H and O–H groups in total. The molecule has 0 radical (unpaired) electrons. The van der Waals surface area contributed by atoms with Gasteiger partial charge in [0, 0.05) is 6.54 Å². The van der Waals surface area contributed by atoms with Gasteiger partial charge in [0.25, 0.3) is 0 Å². The van der Waals surface area contributed by atoms with Gasteiger partial charge in [-0.3, -0.25) is 4.68 Å². The molecule has 1 aromatic heterocycles. The Morgan fingerprint density at radius 3 is 2.74 bits per heavy atom. The van der Waals surface area contributed by atoms with E-state index in [9.17, 15) is 9.18 Å². The standard InChI is InChI=1S/C14H17FN2O2/c1-8(2)7-17-12-9(3)5-6-10(14(18)19-4)11(12)13(15)16-17/h5-6,8H,7H2,1-4H3. The molecule has 0 aliphatic rings. The number of fused-ring (bicyclic) bond motifs is 1. The van der Waals surface area contributed by atoms with Crippen LogP contribution >= 0.6 is 0 Å². The van der Waals surface area contributed by atoms with E-state index in [4.69, 9.17) is 0 Å². The maximum Gasteiger partial charge on any atom is 0.338 e. The second-order valence-electron chi connectivity index (χ2n) is 5.01. The van der Waals surface area contributed by atoms with E-state index in [2.05, 4.69) is 9.84 Å². The Hall–Kier alpha value is -1.91. The van der Waals surface area contributed by atoms with Gasteiger partial charge in [-0.15, -0.1) is 5.10 Å². The van der Waals surface area contributed by atoms with Crippen LogP contribution in [0.15, 0.2) is 12.1 Å². The monoisotopic (exact) mass is 264 g/mol. The number of hydrogen-bond donors (Lipinski definition) is 0. The first-order valence-electron chi connectivity index (χ1n) is 6.19. The number of aromatic nitrogens is 2. The Morgan fingerprint density at radius 2 is 2.16 bits per heavy atom. The molecule has 2 aromatic rings. The van der Waals surface area contributed by atoms with E-state index in [0.29, 0.717) is 18.0 Å². The quantitative estimate of drug-likeness (QED) is 0.801. The van der Waals surface area contributed by atoms with Crippen LogP contribution in [0.4, 0.5) is 4.39 Å². The van der Waals surface area contributed by atoms with Crippen molar-refractivity contribution in [1.29, 1.82) is 0 Å². The predicted molar refractivity (Wildman–Crippen MR) is 70.6 cm³/mol. The maximum absolute atomic E-state index is 14.1. The minimum absolute atomic E-state index is 0.218. The lowest BCUT2D eigenvalue weighted by Crippen LogP contribution is -2.07. The van der Waals surface area contributed by atoms with Crippen molar-refractivity contribution in [2.45, 2.75) is 27.3 Å². The average Bonchev–Trinajstić information content (AvgIpc) is 2.66. The normalized spacial score (nSPS) is 11.3. The first-order chi connectivity index (χ1) is 8.95. The van der Waals surface area contributed by atoms with E-state index < -0.39 is 11.9 Å². The van der Waals surface area contributed by atoms with E-state index in [1.807, 2.05) is 20.8 Å². The molecule has 0 saturated carbocycles. The number of halogens is 1. The molecule has 2 rings (SSSR count). The van der Waals surface area contributed by atoms with Crippen LogP contribution in [-0.2, 0) is 11.3 Å². The minimum Gasteiger partial charge on any atom is -0.465 e. The van der Waals surface area contributed by atoms with Crippen LogP contribution in [0.2, 0.25) is 0 Å². The van der Waals surface area contributed by atoms with Gasteiger partial charge in [-0.1, -0.05) is 19.9 Å². The summed E-state index contributed by atoms with van der Waals surface area (Å²) in [6.45, 7) is 6.54. The third-order valence-corrected chi connectivity index (χ3v) is 3.00. The predicted octanol–water partition coefficient (Wildman–Crippen LogP) is 2.93. The first kappa shape index (κ1) is 13.5. The minimum atomic E-state index is -0.625. The Labute approximate surface area is 111 Å². The summed E-state index contributed by atoms with van der Waals surface area (Å²) < 4.78 is 20.4. The summed E-state index contributed by atoms with van der Waals surface area (Å²) >= 11 is 0. The number of esters is 1. The second-order valence-corrected chi connectivity index (χ2v) is 5.01. The molecule has 0 unspecified atom stereocenters. The summed E-state index contributed by atoms with van der Waals surface area (Å²) in [6.07, 6.45) is 0. The summed E-state index contributed by atoms with van der Waals surface area (Å²) in [7, 11) is 1.28. The number of rotatable bonds is 3. The van der Waals surface area contributed by atoms with Crippen LogP contribution < -0.4 is 0 Å². The van der Waals surface area contributed by atoms with Gasteiger partial charge >= 0.3 is 5.97 Å². The highest BCUT2D eigenvalue weighted by atomic mass is 19.1. The summed E-state index contributed by atoms with van der Waals surface area (Å²) in [4.78, 5) is 11.7. The maximum atomic E-state index is 14.1. The molecule has 0 aliphatic carbocycles. The summed E-state index contributed by atoms with van der Waals surface area (Å²) in [5, 5.41) is 4.15. The Balaban J connectivity index is 2.74. The van der Waals surface area contributed by atoms with Gasteiger partial charge in [0.2, 0.25) is 5.95 Å². The van der Waals surface area contributed by atoms with Crippen LogP contribution in [0, 0.1) is 18.8 Å². The molecule has 0 fully saturated rings. The van der Waals surface area contributed by atoms with Crippen molar-refractivity contribution < 1.29 is 13.9 Å². The van der Waals surface area contributed by atoms with Gasteiger partial charge in [-0.05, 0) is 24.5 Å². The smallest absolute Gasteiger partial charge is 0.338 e. The van der Waals surface area contributed by atoms with E-state index in [1.165, 1.54) is 7.11 Å². The highest BCUT2D eigenvalue weighted by molar-refractivity contribution is 6.04. The molecule has 0 saturated heterocycles. The molecule has 0 amide bonds. The molecule has 0 bridgehead atoms. The Kier molecular flexibility index (Phi) is 3.55. The third-order valence-electron chi connectivity index (χ3n) is 3.00. The van der Waals surface area contributed by atoms with Gasteiger partial charge in [-0.25, -0.2) is 4.79 Å². The first-order valence-corrected chi connectivity index (χ1v) is 6.19. The number of carbonyl (C=O) groups excluding carboxylic acids is 1. The van der Waals surface area contributed by atoms with Gasteiger partial charge in [0.05, 0.1) is 23.6 Å². The van der Waals surface area contributed by atoms with E-state index in [-0.39, 0.29) is 10.9 Å². The summed E-state index contributed by atoms with van der Waals surface area (Å²) in [6, 6.07) is 3.36. The fourth-order valence-corrected chi connectivity index (χ4v) is 2.20. The lowest BCUT2D eigenvalue weighted by atomic mass is 10.1. The fourth-order valence-electron chi connectivity index (χ4n) is 2.20. The number of benzene rings is 1. The summed E-state index contributed by atoms with van der Waals surface area (Å²) in [5.74, 6) is -0.837. The number of nitrogens with zero attached hydrogens (tertiary/aromatic N) is 2. The molecule has 0 spiro atoms. The van der Waals surface area contributed by atoms with Crippen molar-refractivity contribution in [2.75, 3.05) is 7.11 Å². The van der Waals surface area contributed by atoms with Crippen LogP contribution in [0.25, 0.3) is 10.9 Å². The molecule has 0 atom stereocenters. The molecule has 0 aliphatic heterocycles. The SMILES string of the molecule is COC(=O)c1ccc(C)c2c1c(F)nn2CC(C)C. The molecular weight excluding hydrogens is 247 g/mol. The molecule has 1 aromatic carbocycles. The molecule has 19 heavy (non-hydrogen) atoms. The van der Waals surface area contributed by atoms with Gasteiger partial charge in [-0.2, -0.15) is 4.39 Å². The van der Waals surface area contributed by atoms with Crippen molar-refractivity contribution in [3.8, 4) is 0 Å². The topological polar surface area (TPSA) is 44.1 Å². The van der Waals surface area contributed by atoms with Crippen molar-refractivity contribution in [3.63, 3.8) is 0 Å². The van der Waals surface area contributed by atoms with E-state index in [0.717, 1.165) is 5.56 Å². The van der Waals surface area contributed by atoms with Crippen LogP contribution in [-0.4, -0.2) is 22.9 Å². The molecule has 102 valence electrons. The number of aryl methyl sites for hydroxylation is 1. The highest BCUT2D eigenvalue weighted by Crippen LogP contribution is 2.26. The van der Waals surface area contributed by atoms with E-state index in [1.54, 1.807) is 16.8 Å². The zero-order valence-corrected chi connectivity index (χ0v) is 11.5. The molecular formula is C14H17FN2O2. The van der Waals surface area contributed by atoms with Gasteiger partial charge < -0.3 is 4.74 Å². The van der Waals surface area contributed by atoms with Crippen molar-refractivity contribution in [1.82, 2.24) is 9.78 Å². The zero-order chi connectivity index (χ0) is 14.2. The number of ether oxygens (including phenoxy) is 1. The number of carbonyl (C=O) groups is 1. The van der Waals surface area contributed by atoms with Crippen LogP contribution in [0.5, 0.6) is 0 Å². The third kappa shape index (κ3) is 2.32. The van der Waals surface area contributed by atoms with Gasteiger partial charge in [0.1, 0.15) is 0 Å². The van der Waals surface area contributed by atoms with Crippen molar-refractivity contribution >= 4 is 16.9 Å². The Bertz CT molecular complexity index is 632. The van der Waals surface area contributed by atoms with Crippen molar-refractivity contribution in [2.24, 2.45) is 5.92 Å². The fraction of sp³-hybridized carbons (Fsp3) is 0.429. The van der Waals surface area contributed by atoms with Crippen LogP contribution in [0.1, 0.15) is 29.8 Å². The lowest BCUT2D eigenvalue weighted by Gasteiger charge is -2.09. The number of hydrogen-bond acceptors (Lipinski definition) is 3. The lowest BCUT2D eigenvalue weighted by molar-refractivity contribution is 0.0602. The van der Waals surface area contributed by atoms with Gasteiger partial charge in [0.15, 0.2) is 0 Å². The van der Waals surface area contributed by atoms with E-state index >= 15 is 0 Å². The largest absolute Gasteiger partial charge is 0.465 e.